The topological polar surface area (TPSA) is 99.0 Å². The Morgan fingerprint density at radius 1 is 1.05 bits per heavy atom. The molecular formula is C31H25N3O5S. The van der Waals surface area contributed by atoms with Gasteiger partial charge in [0.2, 0.25) is 0 Å². The van der Waals surface area contributed by atoms with Gasteiger partial charge in [0, 0.05) is 16.8 Å². The Morgan fingerprint density at radius 3 is 2.50 bits per heavy atom. The van der Waals surface area contributed by atoms with Crippen molar-refractivity contribution in [3.63, 3.8) is 0 Å². The Balaban J connectivity index is 1.71. The van der Waals surface area contributed by atoms with E-state index in [1.54, 1.807) is 26.2 Å². The largest absolute Gasteiger partial charge is 0.497 e. The fourth-order valence-corrected chi connectivity index (χ4v) is 6.20. The Morgan fingerprint density at radius 2 is 1.80 bits per heavy atom. The summed E-state index contributed by atoms with van der Waals surface area (Å²) in [5, 5.41) is 2.87. The molecule has 1 amide bonds. The first-order chi connectivity index (χ1) is 19.4. The van der Waals surface area contributed by atoms with Gasteiger partial charge in [-0.15, -0.1) is 0 Å². The minimum Gasteiger partial charge on any atom is -0.497 e. The number of amides is 1. The molecule has 8 nitrogen and oxygen atoms in total. The predicted octanol–water partition coefficient (Wildman–Crippen LogP) is 3.57. The zero-order valence-corrected chi connectivity index (χ0v) is 22.9. The molecule has 1 N–H and O–H groups in total. The van der Waals surface area contributed by atoms with Crippen molar-refractivity contribution in [2.24, 2.45) is 4.99 Å². The van der Waals surface area contributed by atoms with E-state index in [-0.39, 0.29) is 22.6 Å². The highest BCUT2D eigenvalue weighted by Gasteiger charge is 2.36. The fraction of sp³-hybridized carbons (Fsp3) is 0.161. The van der Waals surface area contributed by atoms with Crippen LogP contribution in [0.1, 0.15) is 35.2 Å². The maximum atomic E-state index is 14.2. The van der Waals surface area contributed by atoms with Gasteiger partial charge in [0.25, 0.3) is 11.5 Å². The Labute approximate surface area is 233 Å². The van der Waals surface area contributed by atoms with Crippen molar-refractivity contribution in [1.82, 2.24) is 4.57 Å². The molecule has 0 aliphatic carbocycles. The van der Waals surface area contributed by atoms with Gasteiger partial charge in [0.05, 0.1) is 36.6 Å². The molecule has 200 valence electrons. The van der Waals surface area contributed by atoms with E-state index >= 15 is 0 Å². The van der Waals surface area contributed by atoms with Crippen LogP contribution in [0.4, 0.5) is 5.69 Å². The second kappa shape index (κ2) is 10.1. The van der Waals surface area contributed by atoms with Crippen molar-refractivity contribution in [3.05, 3.63) is 120 Å². The average Bonchev–Trinajstić information content (AvgIpc) is 3.47. The maximum Gasteiger partial charge on any atom is 0.338 e. The maximum absolute atomic E-state index is 14.2. The summed E-state index contributed by atoms with van der Waals surface area (Å²) in [4.78, 5) is 46.2. The lowest BCUT2D eigenvalue weighted by molar-refractivity contribution is -0.138. The van der Waals surface area contributed by atoms with Crippen LogP contribution in [0.15, 0.2) is 88.2 Å². The van der Waals surface area contributed by atoms with Crippen molar-refractivity contribution < 1.29 is 19.1 Å². The Kier molecular flexibility index (Phi) is 6.43. The molecule has 2 aliphatic rings. The number of rotatable bonds is 5. The van der Waals surface area contributed by atoms with Crippen LogP contribution in [0, 0.1) is 6.92 Å². The van der Waals surface area contributed by atoms with Crippen LogP contribution >= 0.6 is 11.3 Å². The molecule has 0 unspecified atom stereocenters. The van der Waals surface area contributed by atoms with Crippen molar-refractivity contribution in [1.29, 1.82) is 0 Å². The van der Waals surface area contributed by atoms with E-state index in [1.807, 2.05) is 67.6 Å². The summed E-state index contributed by atoms with van der Waals surface area (Å²) >= 11 is 1.14. The van der Waals surface area contributed by atoms with Gasteiger partial charge in [-0.3, -0.25) is 14.2 Å². The number of aromatic nitrogens is 1. The molecule has 1 atom stereocenters. The first-order valence-corrected chi connectivity index (χ1v) is 13.6. The van der Waals surface area contributed by atoms with Crippen LogP contribution in [0.3, 0.4) is 0 Å². The molecule has 0 saturated heterocycles. The van der Waals surface area contributed by atoms with E-state index < -0.39 is 17.6 Å². The van der Waals surface area contributed by atoms with E-state index in [0.717, 1.165) is 16.9 Å². The zero-order chi connectivity index (χ0) is 28.0. The number of hydrogen-bond donors (Lipinski definition) is 1. The molecule has 9 heteroatoms. The molecule has 0 spiro atoms. The summed E-state index contributed by atoms with van der Waals surface area (Å²) in [5.41, 5.74) is 4.24. The lowest BCUT2D eigenvalue weighted by Crippen LogP contribution is -2.40. The molecule has 40 heavy (non-hydrogen) atoms. The number of nitrogens with zero attached hydrogens (tertiary/aromatic N) is 2. The number of esters is 1. The molecule has 6 rings (SSSR count). The van der Waals surface area contributed by atoms with Crippen molar-refractivity contribution in [2.45, 2.75) is 19.9 Å². The molecular weight excluding hydrogens is 526 g/mol. The van der Waals surface area contributed by atoms with Crippen LogP contribution in [0.5, 0.6) is 5.75 Å². The molecule has 4 aromatic rings. The fourth-order valence-electron chi connectivity index (χ4n) is 5.10. The zero-order valence-electron chi connectivity index (χ0n) is 22.1. The van der Waals surface area contributed by atoms with Crippen molar-refractivity contribution in [3.8, 4) is 5.75 Å². The van der Waals surface area contributed by atoms with E-state index in [1.165, 1.54) is 4.57 Å². The highest BCUT2D eigenvalue weighted by Crippen LogP contribution is 2.36. The number of thiazole rings is 1. The van der Waals surface area contributed by atoms with Crippen molar-refractivity contribution >= 4 is 40.2 Å². The number of anilines is 1. The normalized spacial score (nSPS) is 17.1. The summed E-state index contributed by atoms with van der Waals surface area (Å²) in [7, 11) is 1.57. The summed E-state index contributed by atoms with van der Waals surface area (Å²) in [6, 6.07) is 21.3. The first kappa shape index (κ1) is 25.5. The lowest BCUT2D eigenvalue weighted by atomic mass is 9.93. The smallest absolute Gasteiger partial charge is 0.338 e. The number of carbonyl (C=O) groups is 2. The summed E-state index contributed by atoms with van der Waals surface area (Å²) < 4.78 is 12.6. The van der Waals surface area contributed by atoms with Gasteiger partial charge in [-0.25, -0.2) is 9.79 Å². The SMILES string of the molecule is CCOC(=O)C1=C(c2ccccc2)N=c2s/c(=C3\C(=O)Nc4ccc(C)cc43)c(=O)n2[C@@H]1c1ccc(OC)cc1. The predicted molar refractivity (Wildman–Crippen MR) is 153 cm³/mol. The lowest BCUT2D eigenvalue weighted by Gasteiger charge is -2.26. The van der Waals surface area contributed by atoms with E-state index in [0.29, 0.717) is 44.2 Å². The number of methoxy groups -OCH3 is 1. The minimum absolute atomic E-state index is 0.157. The highest BCUT2D eigenvalue weighted by molar-refractivity contribution is 7.07. The van der Waals surface area contributed by atoms with Gasteiger partial charge in [-0.05, 0) is 43.7 Å². The van der Waals surface area contributed by atoms with E-state index in [2.05, 4.69) is 5.32 Å². The van der Waals surface area contributed by atoms with Gasteiger partial charge in [-0.1, -0.05) is 65.4 Å². The first-order valence-electron chi connectivity index (χ1n) is 12.8. The second-order valence-corrected chi connectivity index (χ2v) is 10.4. The number of carbonyl (C=O) groups excluding carboxylic acids is 2. The molecule has 3 aromatic carbocycles. The Hall–Kier alpha value is -4.76. The third-order valence-corrected chi connectivity index (χ3v) is 7.98. The molecule has 0 bridgehead atoms. The van der Waals surface area contributed by atoms with E-state index in [4.69, 9.17) is 14.5 Å². The standard InChI is InChI=1S/C31H25N3O5S/c1-4-39-30(37)24-25(18-8-6-5-7-9-18)33-31-34(26(24)19-11-13-20(38-3)14-12-19)29(36)27(40-31)23-21-16-17(2)10-15-22(21)32-28(23)35/h5-16,26H,4H2,1-3H3,(H,32,35)/b27-23-/t26-/m1/s1. The number of aryl methyl sites for hydroxylation is 1. The Bertz CT molecular complexity index is 1890. The van der Waals surface area contributed by atoms with Crippen LogP contribution < -0.4 is 24.9 Å². The third kappa shape index (κ3) is 4.15. The number of nitrogens with one attached hydrogen (secondary N) is 1. The molecule has 0 radical (unpaired) electrons. The molecule has 2 aliphatic heterocycles. The average molecular weight is 552 g/mol. The minimum atomic E-state index is -0.841. The summed E-state index contributed by atoms with van der Waals surface area (Å²) in [6.45, 7) is 3.83. The highest BCUT2D eigenvalue weighted by atomic mass is 32.1. The van der Waals surface area contributed by atoms with Crippen LogP contribution in [-0.4, -0.2) is 30.2 Å². The molecule has 0 saturated carbocycles. The number of hydrogen-bond acceptors (Lipinski definition) is 7. The van der Waals surface area contributed by atoms with Crippen molar-refractivity contribution in [2.75, 3.05) is 19.0 Å². The van der Waals surface area contributed by atoms with Gasteiger partial charge in [-0.2, -0.15) is 0 Å². The molecule has 3 heterocycles. The van der Waals surface area contributed by atoms with Crippen LogP contribution in [0.25, 0.3) is 11.3 Å². The molecule has 0 fully saturated rings. The number of fused-ring (bicyclic) bond motifs is 2. The summed E-state index contributed by atoms with van der Waals surface area (Å²) in [6.07, 6.45) is 0. The number of benzene rings is 3. The number of ether oxygens (including phenoxy) is 2. The van der Waals surface area contributed by atoms with Gasteiger partial charge in [0.1, 0.15) is 10.3 Å². The monoisotopic (exact) mass is 551 g/mol. The third-order valence-electron chi connectivity index (χ3n) is 6.93. The van der Waals surface area contributed by atoms with Crippen LogP contribution in [0.2, 0.25) is 0 Å². The van der Waals surface area contributed by atoms with Gasteiger partial charge >= 0.3 is 5.97 Å². The molecule has 1 aromatic heterocycles. The van der Waals surface area contributed by atoms with Crippen LogP contribution in [-0.2, 0) is 14.3 Å². The van der Waals surface area contributed by atoms with E-state index in [9.17, 15) is 14.4 Å². The quantitative estimate of drug-likeness (QED) is 0.383. The second-order valence-electron chi connectivity index (χ2n) is 9.40. The van der Waals surface area contributed by atoms with Gasteiger partial charge < -0.3 is 14.8 Å². The summed E-state index contributed by atoms with van der Waals surface area (Å²) in [5.74, 6) is -0.277. The van der Waals surface area contributed by atoms with Gasteiger partial charge in [0.15, 0.2) is 4.80 Å².